The third-order valence-electron chi connectivity index (χ3n) is 4.30. The molecule has 134 valence electrons. The Morgan fingerprint density at radius 2 is 2.04 bits per heavy atom. The zero-order valence-electron chi connectivity index (χ0n) is 13.9. The topological polar surface area (TPSA) is 29.0 Å². The van der Waals surface area contributed by atoms with Crippen molar-refractivity contribution >= 4 is 0 Å². The normalized spacial score (nSPS) is 15.2. The quantitative estimate of drug-likeness (QED) is 0.774. The maximum absolute atomic E-state index is 13.9. The lowest BCUT2D eigenvalue weighted by molar-refractivity contribution is -0.137. The molecule has 0 aliphatic carbocycles. The fourth-order valence-electron chi connectivity index (χ4n) is 3.01. The van der Waals surface area contributed by atoms with E-state index in [2.05, 4.69) is 16.9 Å². The largest absolute Gasteiger partial charge is 0.416 e. The Balaban J connectivity index is 1.75. The summed E-state index contributed by atoms with van der Waals surface area (Å²) in [6, 6.07) is 2.55. The summed E-state index contributed by atoms with van der Waals surface area (Å²) < 4.78 is 52.4. The number of hydrogen-bond donors (Lipinski definition) is 0. The van der Waals surface area contributed by atoms with Crippen molar-refractivity contribution in [1.29, 1.82) is 0 Å². The van der Waals surface area contributed by atoms with E-state index in [1.807, 2.05) is 4.90 Å². The van der Waals surface area contributed by atoms with Gasteiger partial charge in [0, 0.05) is 55.5 Å². The summed E-state index contributed by atoms with van der Waals surface area (Å²) in [5.41, 5.74) is 1.17. The van der Waals surface area contributed by atoms with E-state index >= 15 is 0 Å². The molecule has 0 fully saturated rings. The van der Waals surface area contributed by atoms with E-state index in [-0.39, 0.29) is 12.1 Å². The minimum absolute atomic E-state index is 0.0572. The van der Waals surface area contributed by atoms with Gasteiger partial charge in [0.2, 0.25) is 0 Å². The molecular formula is C18H19F4N3. The maximum atomic E-state index is 13.9. The molecule has 3 nitrogen and oxygen atoms in total. The molecule has 1 aliphatic heterocycles. The van der Waals surface area contributed by atoms with Gasteiger partial charge in [0.1, 0.15) is 11.6 Å². The lowest BCUT2D eigenvalue weighted by Gasteiger charge is -2.28. The number of hydrogen-bond acceptors (Lipinski definition) is 3. The minimum atomic E-state index is -4.47. The van der Waals surface area contributed by atoms with Crippen LogP contribution in [0.3, 0.4) is 0 Å². The molecule has 1 aromatic heterocycles. The Bertz CT molecular complexity index is 758. The molecule has 0 radical (unpaired) electrons. The van der Waals surface area contributed by atoms with Gasteiger partial charge in [-0.3, -0.25) is 4.90 Å². The number of rotatable bonds is 4. The van der Waals surface area contributed by atoms with Gasteiger partial charge in [-0.1, -0.05) is 6.92 Å². The Morgan fingerprint density at radius 1 is 1.24 bits per heavy atom. The minimum Gasteiger partial charge on any atom is -0.294 e. The van der Waals surface area contributed by atoms with Crippen molar-refractivity contribution in [2.24, 2.45) is 0 Å². The van der Waals surface area contributed by atoms with Gasteiger partial charge in [0.15, 0.2) is 0 Å². The molecular weight excluding hydrogens is 334 g/mol. The highest BCUT2D eigenvalue weighted by Gasteiger charge is 2.31. The van der Waals surface area contributed by atoms with Crippen molar-refractivity contribution in [3.63, 3.8) is 0 Å². The fourth-order valence-corrected chi connectivity index (χ4v) is 3.01. The van der Waals surface area contributed by atoms with Crippen LogP contribution in [0.15, 0.2) is 24.4 Å². The van der Waals surface area contributed by atoms with Crippen LogP contribution in [0.5, 0.6) is 0 Å². The summed E-state index contributed by atoms with van der Waals surface area (Å²) in [6.45, 7) is 3.34. The van der Waals surface area contributed by atoms with Crippen LogP contribution in [0.2, 0.25) is 0 Å². The predicted molar refractivity (Wildman–Crippen MR) is 85.2 cm³/mol. The number of nitrogens with zero attached hydrogens (tertiary/aromatic N) is 3. The van der Waals surface area contributed by atoms with Gasteiger partial charge in [0.05, 0.1) is 5.56 Å². The van der Waals surface area contributed by atoms with E-state index < -0.39 is 17.6 Å². The SMILES string of the molecule is CCCc1ncc2c(n1)CCN(Cc1cc(C(F)(F)F)ccc1F)C2. The summed E-state index contributed by atoms with van der Waals surface area (Å²) in [4.78, 5) is 10.8. The standard InChI is InChI=1S/C18H19F4N3/c1-2-3-17-23-9-13-11-25(7-6-16(13)24-17)10-12-8-14(18(20,21)22)4-5-15(12)19/h4-5,8-9H,2-3,6-7,10-11H2,1H3. The van der Waals surface area contributed by atoms with Crippen molar-refractivity contribution in [3.05, 3.63) is 58.4 Å². The molecule has 1 aliphatic rings. The zero-order valence-corrected chi connectivity index (χ0v) is 13.9. The maximum Gasteiger partial charge on any atom is 0.416 e. The number of halogens is 4. The first-order valence-corrected chi connectivity index (χ1v) is 8.28. The van der Waals surface area contributed by atoms with Gasteiger partial charge in [-0.05, 0) is 24.6 Å². The molecule has 0 saturated carbocycles. The number of aryl methyl sites for hydroxylation is 1. The predicted octanol–water partition coefficient (Wildman–Crippen LogP) is 4.15. The first kappa shape index (κ1) is 17.8. The monoisotopic (exact) mass is 353 g/mol. The van der Waals surface area contributed by atoms with E-state index in [4.69, 9.17) is 0 Å². The lowest BCUT2D eigenvalue weighted by atomic mass is 10.0. The highest BCUT2D eigenvalue weighted by atomic mass is 19.4. The van der Waals surface area contributed by atoms with Crippen LogP contribution in [0, 0.1) is 5.82 Å². The number of fused-ring (bicyclic) bond motifs is 1. The molecule has 0 saturated heterocycles. The van der Waals surface area contributed by atoms with Gasteiger partial charge in [0.25, 0.3) is 0 Å². The molecule has 0 unspecified atom stereocenters. The molecule has 0 N–H and O–H groups in total. The smallest absolute Gasteiger partial charge is 0.294 e. The summed E-state index contributed by atoms with van der Waals surface area (Å²) in [6.07, 6.45) is -0.205. The molecule has 2 aromatic rings. The third kappa shape index (κ3) is 4.15. The van der Waals surface area contributed by atoms with Gasteiger partial charge in [-0.15, -0.1) is 0 Å². The second-order valence-corrected chi connectivity index (χ2v) is 6.27. The Kier molecular flexibility index (Phi) is 5.03. The Hall–Kier alpha value is -2.02. The lowest BCUT2D eigenvalue weighted by Crippen LogP contribution is -2.31. The van der Waals surface area contributed by atoms with Gasteiger partial charge in [-0.2, -0.15) is 13.2 Å². The van der Waals surface area contributed by atoms with Crippen molar-refractivity contribution in [1.82, 2.24) is 14.9 Å². The highest BCUT2D eigenvalue weighted by Crippen LogP contribution is 2.31. The molecule has 0 bridgehead atoms. The highest BCUT2D eigenvalue weighted by molar-refractivity contribution is 5.28. The van der Waals surface area contributed by atoms with Crippen LogP contribution >= 0.6 is 0 Å². The van der Waals surface area contributed by atoms with E-state index in [0.717, 1.165) is 48.1 Å². The van der Waals surface area contributed by atoms with Crippen molar-refractivity contribution in [2.45, 2.75) is 45.5 Å². The van der Waals surface area contributed by atoms with Crippen LogP contribution < -0.4 is 0 Å². The van der Waals surface area contributed by atoms with Crippen molar-refractivity contribution in [3.8, 4) is 0 Å². The fraction of sp³-hybridized carbons (Fsp3) is 0.444. The Labute approximate surface area is 143 Å². The second-order valence-electron chi connectivity index (χ2n) is 6.27. The van der Waals surface area contributed by atoms with E-state index in [9.17, 15) is 17.6 Å². The number of alkyl halides is 3. The first-order chi connectivity index (χ1) is 11.9. The summed E-state index contributed by atoms with van der Waals surface area (Å²) in [7, 11) is 0. The van der Waals surface area contributed by atoms with E-state index in [1.54, 1.807) is 6.20 Å². The molecule has 7 heteroatoms. The second kappa shape index (κ2) is 7.07. The van der Waals surface area contributed by atoms with Gasteiger partial charge < -0.3 is 0 Å². The van der Waals surface area contributed by atoms with Gasteiger partial charge in [-0.25, -0.2) is 14.4 Å². The number of aromatic nitrogens is 2. The van der Waals surface area contributed by atoms with Crippen LogP contribution in [0.4, 0.5) is 17.6 Å². The van der Waals surface area contributed by atoms with E-state index in [1.165, 1.54) is 0 Å². The van der Waals surface area contributed by atoms with Crippen molar-refractivity contribution in [2.75, 3.05) is 6.54 Å². The number of benzene rings is 1. The van der Waals surface area contributed by atoms with Crippen LogP contribution in [-0.4, -0.2) is 21.4 Å². The Morgan fingerprint density at radius 3 is 2.76 bits per heavy atom. The average molecular weight is 353 g/mol. The van der Waals surface area contributed by atoms with Crippen LogP contribution in [0.25, 0.3) is 0 Å². The van der Waals surface area contributed by atoms with Crippen LogP contribution in [0.1, 0.15) is 41.6 Å². The van der Waals surface area contributed by atoms with Gasteiger partial charge >= 0.3 is 6.18 Å². The summed E-state index contributed by atoms with van der Waals surface area (Å²) in [5, 5.41) is 0. The summed E-state index contributed by atoms with van der Waals surface area (Å²) >= 11 is 0. The molecule has 0 amide bonds. The first-order valence-electron chi connectivity index (χ1n) is 8.28. The molecule has 25 heavy (non-hydrogen) atoms. The molecule has 3 rings (SSSR count). The molecule has 2 heterocycles. The molecule has 1 aromatic carbocycles. The molecule has 0 spiro atoms. The van der Waals surface area contributed by atoms with E-state index in [0.29, 0.717) is 19.5 Å². The average Bonchev–Trinajstić information content (AvgIpc) is 2.56. The molecule has 0 atom stereocenters. The third-order valence-corrected chi connectivity index (χ3v) is 4.30. The zero-order chi connectivity index (χ0) is 18.0. The summed E-state index contributed by atoms with van der Waals surface area (Å²) in [5.74, 6) is 0.201. The van der Waals surface area contributed by atoms with Crippen molar-refractivity contribution < 1.29 is 17.6 Å². The van der Waals surface area contributed by atoms with Crippen LogP contribution in [-0.2, 0) is 32.1 Å².